The molecular formula is C2H4BrN3O6. The van der Waals surface area contributed by atoms with Crippen molar-refractivity contribution in [2.45, 2.75) is 5.08 Å². The minimum absolute atomic E-state index is 0.0833. The average molecular weight is 246 g/mol. The molecule has 9 nitrogen and oxygen atoms in total. The molecule has 0 amide bonds. The van der Waals surface area contributed by atoms with Gasteiger partial charge in [0, 0.05) is 15.9 Å². The van der Waals surface area contributed by atoms with E-state index in [9.17, 15) is 20.2 Å². The third kappa shape index (κ3) is 3.41. The molecule has 0 aliphatic heterocycles. The Balaban J connectivity index is 4.14. The predicted octanol–water partition coefficient (Wildman–Crippen LogP) is -0.0717. The zero-order valence-electron chi connectivity index (χ0n) is 5.75. The van der Waals surface area contributed by atoms with Crippen molar-refractivity contribution in [1.82, 2.24) is 5.23 Å². The number of rotatable bonds is 5. The maximum Gasteiger partial charge on any atom is 0.366 e. The van der Waals surface area contributed by atoms with Gasteiger partial charge < -0.3 is 0 Å². The monoisotopic (exact) mass is 245 g/mol. The largest absolute Gasteiger partial charge is 0.366 e. The van der Waals surface area contributed by atoms with E-state index < -0.39 is 15.1 Å². The molecule has 10 heteroatoms. The van der Waals surface area contributed by atoms with Gasteiger partial charge in [0.15, 0.2) is 0 Å². The second kappa shape index (κ2) is 4.79. The van der Waals surface area contributed by atoms with Gasteiger partial charge in [-0.25, -0.2) is 0 Å². The highest BCUT2D eigenvalue weighted by molar-refractivity contribution is 9.09. The highest BCUT2D eigenvalue weighted by Crippen LogP contribution is 2.08. The van der Waals surface area contributed by atoms with Gasteiger partial charge >= 0.3 is 10.2 Å². The molecule has 0 saturated carbocycles. The maximum absolute atomic E-state index is 10.0. The summed E-state index contributed by atoms with van der Waals surface area (Å²) in [5.74, 6) is 0. The lowest BCUT2D eigenvalue weighted by molar-refractivity contribution is -0.851. The number of hydrogen-bond donors (Lipinski definition) is 0. The SMILES string of the molecule is CON(O[N+](=O)[O-])C(Br)[N+](=O)[O-]. The van der Waals surface area contributed by atoms with Crippen LogP contribution in [0.1, 0.15) is 0 Å². The second-order valence-corrected chi connectivity index (χ2v) is 2.19. The van der Waals surface area contributed by atoms with E-state index in [2.05, 4.69) is 25.7 Å². The third-order valence-electron chi connectivity index (χ3n) is 0.675. The molecule has 1 atom stereocenters. The lowest BCUT2D eigenvalue weighted by atomic mass is 11.2. The van der Waals surface area contributed by atoms with Gasteiger partial charge in [-0.3, -0.25) is 15.0 Å². The van der Waals surface area contributed by atoms with Crippen molar-refractivity contribution in [2.75, 3.05) is 7.11 Å². The van der Waals surface area contributed by atoms with E-state index in [1.165, 1.54) is 0 Å². The van der Waals surface area contributed by atoms with Gasteiger partial charge in [0.1, 0.15) is 0 Å². The van der Waals surface area contributed by atoms with Crippen molar-refractivity contribution in [3.63, 3.8) is 0 Å². The molecule has 1 unspecified atom stereocenters. The summed E-state index contributed by atoms with van der Waals surface area (Å²) in [6, 6.07) is 0. The van der Waals surface area contributed by atoms with Crippen LogP contribution in [0.15, 0.2) is 0 Å². The van der Waals surface area contributed by atoms with Crippen molar-refractivity contribution in [3.8, 4) is 0 Å². The van der Waals surface area contributed by atoms with Gasteiger partial charge in [-0.2, -0.15) is 4.94 Å². The van der Waals surface area contributed by atoms with Crippen molar-refractivity contribution >= 4 is 15.9 Å². The molecule has 12 heavy (non-hydrogen) atoms. The summed E-state index contributed by atoms with van der Waals surface area (Å²) < 4.78 is 0. The van der Waals surface area contributed by atoms with Crippen LogP contribution in [0.3, 0.4) is 0 Å². The van der Waals surface area contributed by atoms with Crippen LogP contribution < -0.4 is 0 Å². The van der Waals surface area contributed by atoms with Crippen molar-refractivity contribution in [2.24, 2.45) is 0 Å². The first kappa shape index (κ1) is 11.0. The van der Waals surface area contributed by atoms with Crippen LogP contribution in [0.25, 0.3) is 0 Å². The second-order valence-electron chi connectivity index (χ2n) is 1.37. The molecular weight excluding hydrogens is 242 g/mol. The Morgan fingerprint density at radius 3 is 2.25 bits per heavy atom. The Hall–Kier alpha value is -1.00. The van der Waals surface area contributed by atoms with Crippen LogP contribution in [0.2, 0.25) is 0 Å². The van der Waals surface area contributed by atoms with Crippen molar-refractivity contribution in [1.29, 1.82) is 0 Å². The van der Waals surface area contributed by atoms with Gasteiger partial charge in [-0.15, -0.1) is 10.1 Å². The molecule has 0 fully saturated rings. The number of halogens is 1. The number of nitrogens with zero attached hydrogens (tertiary/aromatic N) is 3. The highest BCUT2D eigenvalue weighted by atomic mass is 79.9. The number of alkyl halides is 1. The Morgan fingerprint density at radius 1 is 1.50 bits per heavy atom. The lowest BCUT2D eigenvalue weighted by Gasteiger charge is -2.14. The zero-order valence-corrected chi connectivity index (χ0v) is 7.33. The smallest absolute Gasteiger partial charge is 0.272 e. The minimum atomic E-state index is -1.63. The maximum atomic E-state index is 10.0. The molecule has 0 heterocycles. The summed E-state index contributed by atoms with van der Waals surface area (Å²) in [5.41, 5.74) is 0. The first-order valence-electron chi connectivity index (χ1n) is 2.42. The highest BCUT2D eigenvalue weighted by Gasteiger charge is 2.29. The van der Waals surface area contributed by atoms with Crippen LogP contribution in [0.4, 0.5) is 0 Å². The quantitative estimate of drug-likeness (QED) is 0.219. The fraction of sp³-hybridized carbons (Fsp3) is 1.00. The first-order valence-corrected chi connectivity index (χ1v) is 3.34. The summed E-state index contributed by atoms with van der Waals surface area (Å²) in [7, 11) is 0.987. The van der Waals surface area contributed by atoms with Crippen LogP contribution >= 0.6 is 15.9 Å². The van der Waals surface area contributed by atoms with E-state index in [0.29, 0.717) is 0 Å². The molecule has 0 N–H and O–H groups in total. The summed E-state index contributed by atoms with van der Waals surface area (Å²) in [4.78, 5) is 26.7. The lowest BCUT2D eigenvalue weighted by Crippen LogP contribution is -2.37. The van der Waals surface area contributed by atoms with Crippen LogP contribution in [-0.2, 0) is 9.78 Å². The Morgan fingerprint density at radius 2 is 2.00 bits per heavy atom. The molecule has 0 rings (SSSR count). The van der Waals surface area contributed by atoms with E-state index in [0.717, 1.165) is 7.11 Å². The minimum Gasteiger partial charge on any atom is -0.272 e. The van der Waals surface area contributed by atoms with Gasteiger partial charge in [-0.05, 0) is 0 Å². The van der Waals surface area contributed by atoms with E-state index >= 15 is 0 Å². The molecule has 0 aliphatic rings. The van der Waals surface area contributed by atoms with Gasteiger partial charge in [-0.1, -0.05) is 0 Å². The van der Waals surface area contributed by atoms with Crippen molar-refractivity contribution < 1.29 is 19.8 Å². The molecule has 0 aromatic carbocycles. The number of nitro groups is 1. The molecule has 0 radical (unpaired) electrons. The molecule has 0 aromatic heterocycles. The van der Waals surface area contributed by atoms with E-state index in [4.69, 9.17) is 0 Å². The summed E-state index contributed by atoms with van der Waals surface area (Å²) >= 11 is 2.47. The Labute approximate surface area is 74.1 Å². The molecule has 0 aromatic rings. The third-order valence-corrected chi connectivity index (χ3v) is 1.34. The zero-order chi connectivity index (χ0) is 9.72. The molecule has 0 bridgehead atoms. The number of hydrogen-bond acceptors (Lipinski definition) is 7. The summed E-state index contributed by atoms with van der Waals surface area (Å²) in [5, 5.41) is 16.9. The number of hydroxylamine groups is 2. The van der Waals surface area contributed by atoms with Gasteiger partial charge in [0.2, 0.25) is 0 Å². The fourth-order valence-corrected chi connectivity index (χ4v) is 0.544. The Kier molecular flexibility index (Phi) is 4.39. The molecule has 0 aliphatic carbocycles. The normalized spacial score (nSPS) is 12.6. The molecule has 0 spiro atoms. The standard InChI is InChI=1S/C2H4BrN3O6/c1-11-5(12-6(9)10)2(3)4(7)8/h2H,1H3. The van der Waals surface area contributed by atoms with Crippen LogP contribution in [0, 0.1) is 20.2 Å². The topological polar surface area (TPSA) is 108 Å². The van der Waals surface area contributed by atoms with E-state index in [1.54, 1.807) is 0 Å². The van der Waals surface area contributed by atoms with E-state index in [1.807, 2.05) is 0 Å². The van der Waals surface area contributed by atoms with Crippen LogP contribution in [0.5, 0.6) is 0 Å². The first-order chi connectivity index (χ1) is 5.49. The van der Waals surface area contributed by atoms with Gasteiger partial charge in [0.05, 0.1) is 17.3 Å². The fourth-order valence-electron chi connectivity index (χ4n) is 0.302. The summed E-state index contributed by atoms with van der Waals surface area (Å²) in [6.07, 6.45) is 0. The van der Waals surface area contributed by atoms with Crippen LogP contribution in [-0.4, -0.2) is 27.4 Å². The average Bonchev–Trinajstić information content (AvgIpc) is 1.98. The Bertz CT molecular complexity index is 186. The molecule has 70 valence electrons. The summed E-state index contributed by atoms with van der Waals surface area (Å²) in [6.45, 7) is 0. The van der Waals surface area contributed by atoms with Gasteiger partial charge in [0.25, 0.3) is 0 Å². The van der Waals surface area contributed by atoms with E-state index in [-0.39, 0.29) is 5.23 Å². The molecule has 0 saturated heterocycles. The predicted molar refractivity (Wildman–Crippen MR) is 36.6 cm³/mol. The van der Waals surface area contributed by atoms with Crippen molar-refractivity contribution in [3.05, 3.63) is 20.2 Å².